The Bertz CT molecular complexity index is 241. The zero-order chi connectivity index (χ0) is 13.3. The molecule has 6 heteroatoms. The van der Waals surface area contributed by atoms with Crippen LogP contribution in [0.3, 0.4) is 0 Å². The average Bonchev–Trinajstić information content (AvgIpc) is 2.38. The van der Waals surface area contributed by atoms with Gasteiger partial charge in [0.15, 0.2) is 0 Å². The van der Waals surface area contributed by atoms with Crippen LogP contribution in [0.4, 0.5) is 0 Å². The molecule has 1 fully saturated rings. The maximum absolute atomic E-state index is 11.8. The minimum absolute atomic E-state index is 0.331. The third-order valence-corrected chi connectivity index (χ3v) is 2.89. The first-order chi connectivity index (χ1) is 8.69. The second-order valence-corrected chi connectivity index (χ2v) is 4.36. The maximum atomic E-state index is 11.8. The van der Waals surface area contributed by atoms with E-state index in [0.29, 0.717) is 58.9 Å². The summed E-state index contributed by atoms with van der Waals surface area (Å²) in [6.07, 6.45) is 1.72. The molecular weight excluding hydrogens is 238 g/mol. The van der Waals surface area contributed by atoms with Gasteiger partial charge in [0.2, 0.25) is 0 Å². The van der Waals surface area contributed by atoms with Crippen molar-refractivity contribution < 1.29 is 23.7 Å². The topological polar surface area (TPSA) is 80.0 Å². The van der Waals surface area contributed by atoms with Gasteiger partial charge in [-0.25, -0.2) is 0 Å². The molecule has 1 aliphatic heterocycles. The molecule has 0 radical (unpaired) electrons. The van der Waals surface area contributed by atoms with E-state index in [1.807, 2.05) is 0 Å². The van der Waals surface area contributed by atoms with E-state index in [9.17, 15) is 4.79 Å². The molecule has 0 atom stereocenters. The van der Waals surface area contributed by atoms with Crippen LogP contribution in [-0.2, 0) is 23.7 Å². The lowest BCUT2D eigenvalue weighted by atomic mass is 9.92. The van der Waals surface area contributed by atoms with Crippen LogP contribution in [0.15, 0.2) is 0 Å². The molecule has 1 aliphatic rings. The Morgan fingerprint density at radius 3 is 2.61 bits per heavy atom. The second kappa shape index (κ2) is 8.42. The summed E-state index contributed by atoms with van der Waals surface area (Å²) in [7, 11) is 1.62. The van der Waals surface area contributed by atoms with Crippen LogP contribution in [-0.4, -0.2) is 58.3 Å². The lowest BCUT2D eigenvalue weighted by Gasteiger charge is -2.30. The SMILES string of the molecule is COCCOCCCOC(=O)C1(N)CCOCC1. The highest BCUT2D eigenvalue weighted by Gasteiger charge is 2.37. The predicted molar refractivity (Wildman–Crippen MR) is 65.2 cm³/mol. The quantitative estimate of drug-likeness (QED) is 0.493. The number of rotatable bonds is 8. The Morgan fingerprint density at radius 1 is 1.22 bits per heavy atom. The van der Waals surface area contributed by atoms with Crippen LogP contribution in [0.5, 0.6) is 0 Å². The third kappa shape index (κ3) is 5.30. The summed E-state index contributed by atoms with van der Waals surface area (Å²) < 4.78 is 20.4. The van der Waals surface area contributed by atoms with E-state index in [2.05, 4.69) is 0 Å². The van der Waals surface area contributed by atoms with E-state index < -0.39 is 5.54 Å². The molecule has 0 aliphatic carbocycles. The first-order valence-electron chi connectivity index (χ1n) is 6.29. The monoisotopic (exact) mass is 261 g/mol. The minimum Gasteiger partial charge on any atom is -0.464 e. The maximum Gasteiger partial charge on any atom is 0.326 e. The molecule has 0 aromatic carbocycles. The van der Waals surface area contributed by atoms with Crippen molar-refractivity contribution in [1.82, 2.24) is 0 Å². The van der Waals surface area contributed by atoms with Gasteiger partial charge in [0.25, 0.3) is 0 Å². The normalized spacial score (nSPS) is 18.6. The average molecular weight is 261 g/mol. The van der Waals surface area contributed by atoms with Gasteiger partial charge in [-0.05, 0) is 12.8 Å². The van der Waals surface area contributed by atoms with E-state index in [0.717, 1.165) is 0 Å². The van der Waals surface area contributed by atoms with Crippen molar-refractivity contribution in [2.75, 3.05) is 46.8 Å². The number of ether oxygens (including phenoxy) is 4. The van der Waals surface area contributed by atoms with E-state index in [1.54, 1.807) is 7.11 Å². The number of carbonyl (C=O) groups excluding carboxylic acids is 1. The molecule has 2 N–H and O–H groups in total. The van der Waals surface area contributed by atoms with Crippen LogP contribution in [0.1, 0.15) is 19.3 Å². The highest BCUT2D eigenvalue weighted by atomic mass is 16.5. The molecule has 0 saturated carbocycles. The Balaban J connectivity index is 2.05. The van der Waals surface area contributed by atoms with Crippen LogP contribution in [0.25, 0.3) is 0 Å². The molecule has 0 spiro atoms. The number of esters is 1. The summed E-state index contributed by atoms with van der Waals surface area (Å²) in [4.78, 5) is 11.8. The fraction of sp³-hybridized carbons (Fsp3) is 0.917. The van der Waals surface area contributed by atoms with Crippen molar-refractivity contribution in [3.05, 3.63) is 0 Å². The van der Waals surface area contributed by atoms with Gasteiger partial charge >= 0.3 is 5.97 Å². The van der Waals surface area contributed by atoms with Gasteiger partial charge in [0, 0.05) is 33.4 Å². The Morgan fingerprint density at radius 2 is 1.94 bits per heavy atom. The number of carbonyl (C=O) groups is 1. The zero-order valence-electron chi connectivity index (χ0n) is 11.0. The van der Waals surface area contributed by atoms with Crippen molar-refractivity contribution in [3.63, 3.8) is 0 Å². The van der Waals surface area contributed by atoms with Gasteiger partial charge in [-0.3, -0.25) is 4.79 Å². The van der Waals surface area contributed by atoms with Gasteiger partial charge in [-0.2, -0.15) is 0 Å². The first-order valence-corrected chi connectivity index (χ1v) is 6.29. The smallest absolute Gasteiger partial charge is 0.326 e. The molecule has 0 amide bonds. The van der Waals surface area contributed by atoms with Gasteiger partial charge in [-0.15, -0.1) is 0 Å². The molecule has 6 nitrogen and oxygen atoms in total. The van der Waals surface area contributed by atoms with Crippen molar-refractivity contribution >= 4 is 5.97 Å². The highest BCUT2D eigenvalue weighted by molar-refractivity contribution is 5.80. The molecular formula is C12H23NO5. The van der Waals surface area contributed by atoms with Crippen LogP contribution >= 0.6 is 0 Å². The summed E-state index contributed by atoms with van der Waals surface area (Å²) in [5.41, 5.74) is 5.11. The summed E-state index contributed by atoms with van der Waals surface area (Å²) in [6.45, 7) is 3.06. The fourth-order valence-electron chi connectivity index (χ4n) is 1.65. The van der Waals surface area contributed by atoms with Crippen LogP contribution < -0.4 is 5.73 Å². The van der Waals surface area contributed by atoms with E-state index in [-0.39, 0.29) is 5.97 Å². The third-order valence-electron chi connectivity index (χ3n) is 2.89. The number of hydrogen-bond donors (Lipinski definition) is 1. The fourth-order valence-corrected chi connectivity index (χ4v) is 1.65. The Kier molecular flexibility index (Phi) is 7.19. The summed E-state index contributed by atoms with van der Waals surface area (Å²) in [6, 6.07) is 0. The van der Waals surface area contributed by atoms with Crippen molar-refractivity contribution in [2.45, 2.75) is 24.8 Å². The van der Waals surface area contributed by atoms with E-state index in [4.69, 9.17) is 24.7 Å². The zero-order valence-corrected chi connectivity index (χ0v) is 11.0. The molecule has 0 unspecified atom stereocenters. The van der Waals surface area contributed by atoms with Crippen molar-refractivity contribution in [2.24, 2.45) is 5.73 Å². The van der Waals surface area contributed by atoms with Crippen LogP contribution in [0, 0.1) is 0 Å². The first kappa shape index (κ1) is 15.4. The van der Waals surface area contributed by atoms with Crippen LogP contribution in [0.2, 0.25) is 0 Å². The van der Waals surface area contributed by atoms with E-state index >= 15 is 0 Å². The summed E-state index contributed by atoms with van der Waals surface area (Å²) in [5, 5.41) is 0. The van der Waals surface area contributed by atoms with Gasteiger partial charge in [-0.1, -0.05) is 0 Å². The number of nitrogens with two attached hydrogens (primary N) is 1. The molecule has 1 heterocycles. The highest BCUT2D eigenvalue weighted by Crippen LogP contribution is 2.19. The molecule has 0 aromatic heterocycles. The summed E-state index contributed by atoms with van der Waals surface area (Å²) >= 11 is 0. The molecule has 1 saturated heterocycles. The van der Waals surface area contributed by atoms with Gasteiger partial charge in [0.05, 0.1) is 19.8 Å². The Hall–Kier alpha value is -0.690. The largest absolute Gasteiger partial charge is 0.464 e. The lowest BCUT2D eigenvalue weighted by Crippen LogP contribution is -2.52. The van der Waals surface area contributed by atoms with Crippen molar-refractivity contribution in [3.8, 4) is 0 Å². The molecule has 106 valence electrons. The number of hydrogen-bond acceptors (Lipinski definition) is 6. The lowest BCUT2D eigenvalue weighted by molar-refractivity contribution is -0.154. The molecule has 18 heavy (non-hydrogen) atoms. The number of methoxy groups -OCH3 is 1. The van der Waals surface area contributed by atoms with Gasteiger partial charge in [0.1, 0.15) is 5.54 Å². The summed E-state index contributed by atoms with van der Waals surface area (Å²) in [5.74, 6) is -0.331. The van der Waals surface area contributed by atoms with Gasteiger partial charge < -0.3 is 24.7 Å². The Labute approximate surface area is 108 Å². The predicted octanol–water partition coefficient (Wildman–Crippen LogP) is 0.0906. The standard InChI is InChI=1S/C12H23NO5/c1-15-9-10-16-5-2-6-18-11(14)12(13)3-7-17-8-4-12/h2-10,13H2,1H3. The molecule has 1 rings (SSSR count). The second-order valence-electron chi connectivity index (χ2n) is 4.36. The van der Waals surface area contributed by atoms with E-state index in [1.165, 1.54) is 0 Å². The molecule has 0 bridgehead atoms. The van der Waals surface area contributed by atoms with Crippen molar-refractivity contribution in [1.29, 1.82) is 0 Å². The minimum atomic E-state index is -0.866. The molecule has 0 aromatic rings.